The van der Waals surface area contributed by atoms with Crippen LogP contribution in [0.15, 0.2) is 57.7 Å². The zero-order valence-corrected chi connectivity index (χ0v) is 13.0. The maximum Gasteiger partial charge on any atom is 0.471 e. The Morgan fingerprint density at radius 3 is 2.44 bits per heavy atom. The van der Waals surface area contributed by atoms with Crippen LogP contribution in [0, 0.1) is 6.92 Å². The number of halogens is 3. The van der Waals surface area contributed by atoms with Gasteiger partial charge in [0, 0.05) is 11.1 Å². The third-order valence-corrected chi connectivity index (χ3v) is 3.67. The van der Waals surface area contributed by atoms with Crippen molar-refractivity contribution in [1.29, 1.82) is 0 Å². The summed E-state index contributed by atoms with van der Waals surface area (Å²) in [5.74, 6) is -2.05. The van der Waals surface area contributed by atoms with Gasteiger partial charge in [0.2, 0.25) is 0 Å². The third kappa shape index (κ3) is 3.40. The highest BCUT2D eigenvalue weighted by atomic mass is 19.4. The lowest BCUT2D eigenvalue weighted by Gasteiger charge is -2.11. The summed E-state index contributed by atoms with van der Waals surface area (Å²) in [7, 11) is 0. The van der Waals surface area contributed by atoms with E-state index in [-0.39, 0.29) is 5.69 Å². The Bertz CT molecular complexity index is 1020. The zero-order chi connectivity index (χ0) is 18.2. The molecule has 0 bridgehead atoms. The molecule has 3 aromatic rings. The maximum absolute atomic E-state index is 12.3. The van der Waals surface area contributed by atoms with Gasteiger partial charge in [0.15, 0.2) is 0 Å². The van der Waals surface area contributed by atoms with Gasteiger partial charge in [-0.3, -0.25) is 4.79 Å². The standard InChI is InChI=1S/C18H12F3NO3/c1-10-8-12(22-17(24)18(19,20)21)6-7-13(10)14-9-11-4-2-3-5-15(11)25-16(14)23/h2-9H,1H3,(H,22,24). The van der Waals surface area contributed by atoms with Crippen LogP contribution >= 0.6 is 0 Å². The van der Waals surface area contributed by atoms with Gasteiger partial charge >= 0.3 is 17.7 Å². The second-order valence-electron chi connectivity index (χ2n) is 5.47. The molecule has 1 amide bonds. The average Bonchev–Trinajstić information content (AvgIpc) is 2.54. The summed E-state index contributed by atoms with van der Waals surface area (Å²) in [6.45, 7) is 1.63. The predicted octanol–water partition coefficient (Wildman–Crippen LogP) is 4.27. The molecule has 1 aromatic heterocycles. The largest absolute Gasteiger partial charge is 0.471 e. The van der Waals surface area contributed by atoms with E-state index in [0.717, 1.165) is 5.39 Å². The number of amides is 1. The van der Waals surface area contributed by atoms with Crippen LogP contribution in [0.3, 0.4) is 0 Å². The van der Waals surface area contributed by atoms with E-state index in [1.54, 1.807) is 42.6 Å². The van der Waals surface area contributed by atoms with E-state index < -0.39 is 17.7 Å². The Balaban J connectivity index is 2.00. The first-order chi connectivity index (χ1) is 11.8. The SMILES string of the molecule is Cc1cc(NC(=O)C(F)(F)F)ccc1-c1cc2ccccc2oc1=O. The Morgan fingerprint density at radius 1 is 1.04 bits per heavy atom. The maximum atomic E-state index is 12.3. The molecular formula is C18H12F3NO3. The average molecular weight is 347 g/mol. The number of aryl methyl sites for hydroxylation is 1. The van der Waals surface area contributed by atoms with Crippen LogP contribution in [0.2, 0.25) is 0 Å². The van der Waals surface area contributed by atoms with Crippen molar-refractivity contribution in [2.45, 2.75) is 13.1 Å². The second-order valence-corrected chi connectivity index (χ2v) is 5.47. The van der Waals surface area contributed by atoms with E-state index in [4.69, 9.17) is 4.42 Å². The molecule has 0 unspecified atom stereocenters. The van der Waals surface area contributed by atoms with Gasteiger partial charge in [-0.25, -0.2) is 4.79 Å². The number of hydrogen-bond acceptors (Lipinski definition) is 3. The zero-order valence-electron chi connectivity index (χ0n) is 13.0. The molecular weight excluding hydrogens is 335 g/mol. The molecule has 25 heavy (non-hydrogen) atoms. The lowest BCUT2D eigenvalue weighted by Crippen LogP contribution is -2.29. The number of nitrogens with one attached hydrogen (secondary N) is 1. The van der Waals surface area contributed by atoms with Gasteiger partial charge in [0.05, 0.1) is 5.56 Å². The highest BCUT2D eigenvalue weighted by molar-refractivity contribution is 5.95. The summed E-state index contributed by atoms with van der Waals surface area (Å²) in [6, 6.07) is 12.8. The molecule has 0 saturated carbocycles. The van der Waals surface area contributed by atoms with Crippen LogP contribution in [0.25, 0.3) is 22.1 Å². The number of benzene rings is 2. The first kappa shape index (κ1) is 16.8. The van der Waals surface area contributed by atoms with Crippen molar-refractivity contribution in [2.75, 3.05) is 5.32 Å². The normalized spacial score (nSPS) is 11.5. The van der Waals surface area contributed by atoms with Crippen molar-refractivity contribution < 1.29 is 22.4 Å². The lowest BCUT2D eigenvalue weighted by molar-refractivity contribution is -0.167. The summed E-state index contributed by atoms with van der Waals surface area (Å²) in [6.07, 6.45) is -4.97. The molecule has 2 aromatic carbocycles. The van der Waals surface area contributed by atoms with Gasteiger partial charge in [-0.05, 0) is 42.3 Å². The van der Waals surface area contributed by atoms with Gasteiger partial charge in [-0.15, -0.1) is 0 Å². The Labute approximate surface area is 139 Å². The minimum atomic E-state index is -4.97. The summed E-state index contributed by atoms with van der Waals surface area (Å²) >= 11 is 0. The fourth-order valence-corrected chi connectivity index (χ4v) is 2.50. The van der Waals surface area contributed by atoms with E-state index >= 15 is 0 Å². The summed E-state index contributed by atoms with van der Waals surface area (Å²) in [5.41, 5.74) is 1.24. The minimum Gasteiger partial charge on any atom is -0.422 e. The monoisotopic (exact) mass is 347 g/mol. The molecule has 0 atom stereocenters. The lowest BCUT2D eigenvalue weighted by atomic mass is 10.0. The fraction of sp³-hybridized carbons (Fsp3) is 0.111. The molecule has 128 valence electrons. The number of alkyl halides is 3. The summed E-state index contributed by atoms with van der Waals surface area (Å²) < 4.78 is 42.2. The quantitative estimate of drug-likeness (QED) is 0.704. The topological polar surface area (TPSA) is 59.3 Å². The van der Waals surface area contributed by atoms with E-state index in [1.807, 2.05) is 0 Å². The molecule has 4 nitrogen and oxygen atoms in total. The number of anilines is 1. The predicted molar refractivity (Wildman–Crippen MR) is 87.3 cm³/mol. The van der Waals surface area contributed by atoms with Crippen molar-refractivity contribution >= 4 is 22.6 Å². The number of carbonyl (C=O) groups excluding carboxylic acids is 1. The molecule has 0 fully saturated rings. The Morgan fingerprint density at radius 2 is 1.76 bits per heavy atom. The minimum absolute atomic E-state index is 0.00579. The van der Waals surface area contributed by atoms with Crippen LogP contribution in [0.5, 0.6) is 0 Å². The van der Waals surface area contributed by atoms with Crippen molar-refractivity contribution in [3.8, 4) is 11.1 Å². The van der Waals surface area contributed by atoms with Crippen LogP contribution < -0.4 is 10.9 Å². The van der Waals surface area contributed by atoms with Gasteiger partial charge < -0.3 is 9.73 Å². The summed E-state index contributed by atoms with van der Waals surface area (Å²) in [4.78, 5) is 23.2. The van der Waals surface area contributed by atoms with Crippen molar-refractivity contribution in [3.05, 3.63) is 64.5 Å². The van der Waals surface area contributed by atoms with Gasteiger partial charge in [0.1, 0.15) is 5.58 Å². The molecule has 3 rings (SSSR count). The smallest absolute Gasteiger partial charge is 0.422 e. The van der Waals surface area contributed by atoms with E-state index in [9.17, 15) is 22.8 Å². The van der Waals surface area contributed by atoms with Gasteiger partial charge in [-0.2, -0.15) is 13.2 Å². The number of fused-ring (bicyclic) bond motifs is 1. The van der Waals surface area contributed by atoms with E-state index in [1.165, 1.54) is 18.2 Å². The van der Waals surface area contributed by atoms with Crippen LogP contribution in [-0.2, 0) is 4.79 Å². The molecule has 0 aliphatic rings. The molecule has 0 aliphatic carbocycles. The second kappa shape index (κ2) is 6.08. The Hall–Kier alpha value is -3.09. The van der Waals surface area contributed by atoms with Crippen LogP contribution in [0.1, 0.15) is 5.56 Å². The number of para-hydroxylation sites is 1. The van der Waals surface area contributed by atoms with E-state index in [2.05, 4.69) is 0 Å². The number of rotatable bonds is 2. The highest BCUT2D eigenvalue weighted by Gasteiger charge is 2.38. The Kier molecular flexibility index (Phi) is 4.08. The molecule has 0 saturated heterocycles. The van der Waals surface area contributed by atoms with Crippen LogP contribution in [-0.4, -0.2) is 12.1 Å². The fourth-order valence-electron chi connectivity index (χ4n) is 2.50. The summed E-state index contributed by atoms with van der Waals surface area (Å²) in [5, 5.41) is 2.51. The number of hydrogen-bond donors (Lipinski definition) is 1. The molecule has 0 radical (unpaired) electrons. The van der Waals surface area contributed by atoms with E-state index in [0.29, 0.717) is 22.3 Å². The third-order valence-electron chi connectivity index (χ3n) is 3.67. The van der Waals surface area contributed by atoms with Crippen LogP contribution in [0.4, 0.5) is 18.9 Å². The number of carbonyl (C=O) groups is 1. The van der Waals surface area contributed by atoms with Gasteiger partial charge in [0.25, 0.3) is 0 Å². The first-order valence-electron chi connectivity index (χ1n) is 7.28. The molecule has 1 heterocycles. The molecule has 1 N–H and O–H groups in total. The van der Waals surface area contributed by atoms with Gasteiger partial charge in [-0.1, -0.05) is 24.3 Å². The highest BCUT2D eigenvalue weighted by Crippen LogP contribution is 2.27. The first-order valence-corrected chi connectivity index (χ1v) is 7.28. The van der Waals surface area contributed by atoms with Crippen molar-refractivity contribution in [2.24, 2.45) is 0 Å². The molecule has 0 aliphatic heterocycles. The molecule has 0 spiro atoms. The molecule has 7 heteroatoms. The van der Waals surface area contributed by atoms with Crippen molar-refractivity contribution in [1.82, 2.24) is 0 Å². The van der Waals surface area contributed by atoms with Crippen molar-refractivity contribution in [3.63, 3.8) is 0 Å².